The van der Waals surface area contributed by atoms with E-state index in [0.29, 0.717) is 23.0 Å². The summed E-state index contributed by atoms with van der Waals surface area (Å²) in [4.78, 5) is 20.2. The average Bonchev–Trinajstić information content (AvgIpc) is 2.78. The van der Waals surface area contributed by atoms with E-state index in [1.165, 1.54) is 42.7 Å². The molecule has 1 saturated carbocycles. The zero-order chi connectivity index (χ0) is 22.5. The number of hydrogen-bond acceptors (Lipinski definition) is 9. The third-order valence-corrected chi connectivity index (χ3v) is 6.37. The van der Waals surface area contributed by atoms with Crippen molar-refractivity contribution in [3.05, 3.63) is 41.4 Å². The summed E-state index contributed by atoms with van der Waals surface area (Å²) in [6.45, 7) is 4.43. The SMILES string of the molecule is CCc1nc(/C(N)=C(\COc2ncnc(C3CCC3)n2)N(C)N)ccc1N1CCCCC1. The van der Waals surface area contributed by atoms with Crippen molar-refractivity contribution in [3.63, 3.8) is 0 Å². The van der Waals surface area contributed by atoms with Crippen molar-refractivity contribution < 1.29 is 4.74 Å². The molecule has 0 spiro atoms. The highest BCUT2D eigenvalue weighted by atomic mass is 16.5. The standard InChI is InChI=1S/C23H34N8O/c1-3-17-19(31-12-5-4-6-13-31)11-10-18(28-17)21(24)20(30(2)25)14-32-23-27-15-26-22(29-23)16-8-7-9-16/h10-11,15-16H,3-9,12-14,24-25H2,1-2H3/b21-20-. The zero-order valence-corrected chi connectivity index (χ0v) is 19.1. The van der Waals surface area contributed by atoms with E-state index >= 15 is 0 Å². The molecule has 4 N–H and O–H groups in total. The van der Waals surface area contributed by atoms with Gasteiger partial charge in [-0.3, -0.25) is 0 Å². The Hall–Kier alpha value is -2.94. The fourth-order valence-corrected chi connectivity index (χ4v) is 4.20. The van der Waals surface area contributed by atoms with Crippen LogP contribution in [0.15, 0.2) is 24.2 Å². The third kappa shape index (κ3) is 4.93. The van der Waals surface area contributed by atoms with Gasteiger partial charge in [0, 0.05) is 26.1 Å². The number of hydrazine groups is 1. The Kier molecular flexibility index (Phi) is 7.04. The van der Waals surface area contributed by atoms with Crippen molar-refractivity contribution in [2.24, 2.45) is 11.6 Å². The monoisotopic (exact) mass is 438 g/mol. The summed E-state index contributed by atoms with van der Waals surface area (Å²) in [7, 11) is 1.74. The summed E-state index contributed by atoms with van der Waals surface area (Å²) in [5.41, 5.74) is 10.6. The van der Waals surface area contributed by atoms with Crippen molar-refractivity contribution in [3.8, 4) is 6.01 Å². The maximum Gasteiger partial charge on any atom is 0.320 e. The molecule has 0 aromatic carbocycles. The van der Waals surface area contributed by atoms with Crippen LogP contribution in [0.1, 0.15) is 68.6 Å². The first-order valence-corrected chi connectivity index (χ1v) is 11.6. The van der Waals surface area contributed by atoms with E-state index in [0.717, 1.165) is 43.9 Å². The number of hydrogen-bond donors (Lipinski definition) is 2. The Bertz CT molecular complexity index is 951. The van der Waals surface area contributed by atoms with Crippen LogP contribution >= 0.6 is 0 Å². The maximum atomic E-state index is 6.51. The minimum absolute atomic E-state index is 0.143. The number of nitrogens with two attached hydrogens (primary N) is 2. The highest BCUT2D eigenvalue weighted by Gasteiger charge is 2.23. The lowest BCUT2D eigenvalue weighted by Gasteiger charge is -2.30. The molecule has 0 unspecified atom stereocenters. The number of aryl methyl sites for hydroxylation is 1. The first kappa shape index (κ1) is 22.3. The highest BCUT2D eigenvalue weighted by Crippen LogP contribution is 2.34. The topological polar surface area (TPSA) is 119 Å². The van der Waals surface area contributed by atoms with Gasteiger partial charge in [0.05, 0.1) is 28.5 Å². The van der Waals surface area contributed by atoms with Gasteiger partial charge in [-0.2, -0.15) is 9.97 Å². The quantitative estimate of drug-likeness (QED) is 0.473. The fourth-order valence-electron chi connectivity index (χ4n) is 4.20. The van der Waals surface area contributed by atoms with Crippen LogP contribution in [-0.4, -0.2) is 51.7 Å². The molecule has 1 aliphatic heterocycles. The van der Waals surface area contributed by atoms with Crippen LogP contribution in [0.2, 0.25) is 0 Å². The van der Waals surface area contributed by atoms with E-state index in [-0.39, 0.29) is 12.6 Å². The first-order valence-electron chi connectivity index (χ1n) is 11.6. The molecule has 3 heterocycles. The van der Waals surface area contributed by atoms with Crippen molar-refractivity contribution in [1.82, 2.24) is 24.9 Å². The second kappa shape index (κ2) is 10.1. The Morgan fingerprint density at radius 3 is 2.56 bits per heavy atom. The van der Waals surface area contributed by atoms with Gasteiger partial charge >= 0.3 is 6.01 Å². The van der Waals surface area contributed by atoms with Crippen LogP contribution in [0.25, 0.3) is 5.70 Å². The molecule has 32 heavy (non-hydrogen) atoms. The van der Waals surface area contributed by atoms with Crippen molar-refractivity contribution >= 4 is 11.4 Å². The molecule has 2 aromatic rings. The third-order valence-electron chi connectivity index (χ3n) is 6.37. The van der Waals surface area contributed by atoms with Gasteiger partial charge in [0.1, 0.15) is 18.8 Å². The molecule has 172 valence electrons. The van der Waals surface area contributed by atoms with Crippen molar-refractivity contribution in [2.75, 3.05) is 31.6 Å². The van der Waals surface area contributed by atoms with Gasteiger partial charge in [-0.25, -0.2) is 15.8 Å². The van der Waals surface area contributed by atoms with E-state index < -0.39 is 0 Å². The lowest BCUT2D eigenvalue weighted by Crippen LogP contribution is -2.32. The number of likely N-dealkylation sites (N-methyl/N-ethyl adjacent to an activating group) is 1. The van der Waals surface area contributed by atoms with E-state index in [1.807, 2.05) is 6.07 Å². The molecule has 0 atom stereocenters. The molecule has 9 heteroatoms. The van der Waals surface area contributed by atoms with Crippen LogP contribution in [0.3, 0.4) is 0 Å². The summed E-state index contributed by atoms with van der Waals surface area (Å²) in [6.07, 6.45) is 9.55. The number of anilines is 1. The van der Waals surface area contributed by atoms with Crippen LogP contribution < -0.4 is 21.2 Å². The predicted octanol–water partition coefficient (Wildman–Crippen LogP) is 2.60. The number of rotatable bonds is 8. The van der Waals surface area contributed by atoms with Crippen molar-refractivity contribution in [2.45, 2.75) is 57.8 Å². The molecule has 2 aromatic heterocycles. The smallest absolute Gasteiger partial charge is 0.320 e. The second-order valence-electron chi connectivity index (χ2n) is 8.58. The Morgan fingerprint density at radius 2 is 1.91 bits per heavy atom. The molecule has 4 rings (SSSR count). The summed E-state index contributed by atoms with van der Waals surface area (Å²) >= 11 is 0. The lowest BCUT2D eigenvalue weighted by molar-refractivity contribution is 0.273. The number of ether oxygens (including phenoxy) is 1. The van der Waals surface area contributed by atoms with Gasteiger partial charge in [0.25, 0.3) is 0 Å². The van der Waals surface area contributed by atoms with E-state index in [1.54, 1.807) is 7.05 Å². The lowest BCUT2D eigenvalue weighted by atomic mass is 9.85. The molecular weight excluding hydrogens is 404 g/mol. The summed E-state index contributed by atoms with van der Waals surface area (Å²) in [5, 5.41) is 1.47. The maximum absolute atomic E-state index is 6.51. The summed E-state index contributed by atoms with van der Waals surface area (Å²) in [6, 6.07) is 4.39. The molecule has 0 bridgehead atoms. The molecule has 1 saturated heterocycles. The van der Waals surface area contributed by atoms with Gasteiger partial charge in [0.15, 0.2) is 0 Å². The Morgan fingerprint density at radius 1 is 1.12 bits per heavy atom. The molecule has 9 nitrogen and oxygen atoms in total. The van der Waals surface area contributed by atoms with Gasteiger partial charge in [-0.15, -0.1) is 0 Å². The Balaban J connectivity index is 1.53. The minimum Gasteiger partial charge on any atom is -0.457 e. The van der Waals surface area contributed by atoms with E-state index in [4.69, 9.17) is 21.3 Å². The van der Waals surface area contributed by atoms with E-state index in [2.05, 4.69) is 32.8 Å². The van der Waals surface area contributed by atoms with Gasteiger partial charge in [-0.05, 0) is 50.7 Å². The molecular formula is C23H34N8O. The fraction of sp³-hybridized carbons (Fsp3) is 0.565. The Labute approximate surface area is 189 Å². The number of nitrogens with zero attached hydrogens (tertiary/aromatic N) is 6. The van der Waals surface area contributed by atoms with Crippen LogP contribution in [-0.2, 0) is 6.42 Å². The normalized spacial score (nSPS) is 17.5. The number of piperidine rings is 1. The van der Waals surface area contributed by atoms with Gasteiger partial charge < -0.3 is 20.4 Å². The van der Waals surface area contributed by atoms with Crippen LogP contribution in [0, 0.1) is 0 Å². The molecule has 2 fully saturated rings. The predicted molar refractivity (Wildman–Crippen MR) is 125 cm³/mol. The summed E-state index contributed by atoms with van der Waals surface area (Å²) in [5.74, 6) is 7.30. The molecule has 2 aliphatic rings. The zero-order valence-electron chi connectivity index (χ0n) is 19.1. The average molecular weight is 439 g/mol. The minimum atomic E-state index is 0.143. The van der Waals surface area contributed by atoms with Gasteiger partial charge in [0.2, 0.25) is 0 Å². The number of aromatic nitrogens is 4. The summed E-state index contributed by atoms with van der Waals surface area (Å²) < 4.78 is 5.85. The van der Waals surface area contributed by atoms with Crippen LogP contribution in [0.4, 0.5) is 5.69 Å². The number of pyridine rings is 1. The molecule has 0 radical (unpaired) electrons. The highest BCUT2D eigenvalue weighted by molar-refractivity contribution is 5.65. The van der Waals surface area contributed by atoms with Crippen LogP contribution in [0.5, 0.6) is 6.01 Å². The molecule has 0 amide bonds. The first-order chi connectivity index (χ1) is 15.6. The van der Waals surface area contributed by atoms with E-state index in [9.17, 15) is 0 Å². The van der Waals surface area contributed by atoms with Gasteiger partial charge in [-0.1, -0.05) is 13.3 Å². The molecule has 1 aliphatic carbocycles. The van der Waals surface area contributed by atoms with Crippen molar-refractivity contribution in [1.29, 1.82) is 0 Å². The largest absolute Gasteiger partial charge is 0.457 e. The second-order valence-corrected chi connectivity index (χ2v) is 8.58.